The summed E-state index contributed by atoms with van der Waals surface area (Å²) in [5.41, 5.74) is 6.83. The summed E-state index contributed by atoms with van der Waals surface area (Å²) in [7, 11) is 0. The first-order valence-corrected chi connectivity index (χ1v) is 9.72. The van der Waals surface area contributed by atoms with E-state index in [9.17, 15) is 4.79 Å². The zero-order valence-corrected chi connectivity index (χ0v) is 15.4. The second-order valence-corrected chi connectivity index (χ2v) is 8.10. The van der Waals surface area contributed by atoms with Gasteiger partial charge >= 0.3 is 0 Å². The minimum absolute atomic E-state index is 0.147. The average molecular weight is 349 g/mol. The predicted molar refractivity (Wildman–Crippen MR) is 99.2 cm³/mol. The van der Waals surface area contributed by atoms with Crippen molar-refractivity contribution in [2.24, 2.45) is 11.7 Å². The third kappa shape index (κ3) is 3.48. The highest BCUT2D eigenvalue weighted by molar-refractivity contribution is 6.30. The Morgan fingerprint density at radius 3 is 2.71 bits per heavy atom. The Balaban J connectivity index is 1.89. The van der Waals surface area contributed by atoms with E-state index < -0.39 is 0 Å². The fourth-order valence-corrected chi connectivity index (χ4v) is 4.68. The first-order chi connectivity index (χ1) is 11.5. The Kier molecular flexibility index (Phi) is 5.51. The molecule has 2 N–H and O–H groups in total. The quantitative estimate of drug-likeness (QED) is 0.892. The van der Waals surface area contributed by atoms with Gasteiger partial charge in [-0.2, -0.15) is 0 Å². The van der Waals surface area contributed by atoms with Gasteiger partial charge in [-0.15, -0.1) is 0 Å². The van der Waals surface area contributed by atoms with Gasteiger partial charge in [0.15, 0.2) is 0 Å². The highest BCUT2D eigenvalue weighted by Gasteiger charge is 2.44. The molecule has 132 valence electrons. The van der Waals surface area contributed by atoms with E-state index in [0.29, 0.717) is 11.8 Å². The Bertz CT molecular complexity index is 581. The second kappa shape index (κ2) is 7.45. The number of amides is 1. The number of piperidine rings is 1. The zero-order valence-electron chi connectivity index (χ0n) is 14.6. The molecule has 2 aliphatic rings. The number of carbonyl (C=O) groups excluding carboxylic acids is 1. The van der Waals surface area contributed by atoms with Gasteiger partial charge in [0.1, 0.15) is 0 Å². The van der Waals surface area contributed by atoms with Crippen molar-refractivity contribution in [3.8, 4) is 0 Å². The van der Waals surface area contributed by atoms with Crippen LogP contribution in [0.25, 0.3) is 0 Å². The Morgan fingerprint density at radius 1 is 1.29 bits per heavy atom. The van der Waals surface area contributed by atoms with E-state index in [2.05, 4.69) is 17.9 Å². The molecule has 1 saturated heterocycles. The van der Waals surface area contributed by atoms with E-state index in [-0.39, 0.29) is 11.5 Å². The Hall–Kier alpha value is -1.06. The number of nitrogens with zero attached hydrogens (tertiary/aromatic N) is 1. The first kappa shape index (κ1) is 17.8. The summed E-state index contributed by atoms with van der Waals surface area (Å²) in [6.07, 6.45) is 7.51. The van der Waals surface area contributed by atoms with Crippen LogP contribution in [0.5, 0.6) is 0 Å². The lowest BCUT2D eigenvalue weighted by Gasteiger charge is -2.43. The van der Waals surface area contributed by atoms with Gasteiger partial charge in [0.25, 0.3) is 0 Å². The van der Waals surface area contributed by atoms with Gasteiger partial charge < -0.3 is 10.6 Å². The van der Waals surface area contributed by atoms with Crippen molar-refractivity contribution in [1.29, 1.82) is 0 Å². The maximum Gasteiger partial charge on any atom is 0.233 e. The van der Waals surface area contributed by atoms with Crippen molar-refractivity contribution >= 4 is 17.5 Å². The third-order valence-electron chi connectivity index (χ3n) is 5.98. The number of likely N-dealkylation sites (tertiary alicyclic amines) is 1. The fourth-order valence-electron chi connectivity index (χ4n) is 4.49. The molecule has 4 heteroatoms. The van der Waals surface area contributed by atoms with Crippen LogP contribution in [0.1, 0.15) is 57.4 Å². The van der Waals surface area contributed by atoms with E-state index in [4.69, 9.17) is 17.3 Å². The maximum absolute atomic E-state index is 13.6. The molecule has 0 bridgehead atoms. The molecule has 24 heavy (non-hydrogen) atoms. The lowest BCUT2D eigenvalue weighted by Crippen LogP contribution is -2.53. The first-order valence-electron chi connectivity index (χ1n) is 9.34. The summed E-state index contributed by atoms with van der Waals surface area (Å²) in [6, 6.07) is 8.09. The second-order valence-electron chi connectivity index (χ2n) is 7.67. The molecule has 2 atom stereocenters. The smallest absolute Gasteiger partial charge is 0.233 e. The number of halogens is 1. The molecular formula is C20H29ClN2O. The van der Waals surface area contributed by atoms with Crippen molar-refractivity contribution in [3.63, 3.8) is 0 Å². The molecule has 1 aromatic carbocycles. The molecule has 1 saturated carbocycles. The van der Waals surface area contributed by atoms with Crippen LogP contribution in [0.3, 0.4) is 0 Å². The lowest BCUT2D eigenvalue weighted by molar-refractivity contribution is -0.141. The van der Waals surface area contributed by atoms with Gasteiger partial charge in [0.05, 0.1) is 5.41 Å². The highest BCUT2D eigenvalue weighted by Crippen LogP contribution is 2.42. The monoisotopic (exact) mass is 348 g/mol. The SMILES string of the molecule is CC(N)C1CCCN(C(=O)C2(c3cccc(Cl)c3)CCCCC2)C1. The normalized spacial score (nSPS) is 25.3. The van der Waals surface area contributed by atoms with Crippen LogP contribution in [-0.2, 0) is 10.2 Å². The summed E-state index contributed by atoms with van der Waals surface area (Å²) in [4.78, 5) is 15.7. The average Bonchev–Trinajstić information content (AvgIpc) is 2.61. The van der Waals surface area contributed by atoms with Crippen LogP contribution >= 0.6 is 11.6 Å². The van der Waals surface area contributed by atoms with Gasteiger partial charge in [0, 0.05) is 24.2 Å². The molecule has 1 aliphatic carbocycles. The summed E-state index contributed by atoms with van der Waals surface area (Å²) >= 11 is 6.24. The van der Waals surface area contributed by atoms with E-state index in [1.807, 2.05) is 18.2 Å². The minimum Gasteiger partial charge on any atom is -0.342 e. The topological polar surface area (TPSA) is 46.3 Å². The molecule has 2 unspecified atom stereocenters. The van der Waals surface area contributed by atoms with Crippen LogP contribution in [0, 0.1) is 5.92 Å². The number of hydrogen-bond donors (Lipinski definition) is 1. The summed E-state index contributed by atoms with van der Waals surface area (Å²) in [5.74, 6) is 0.720. The van der Waals surface area contributed by atoms with Crippen LogP contribution < -0.4 is 5.73 Å². The Morgan fingerprint density at radius 2 is 2.04 bits per heavy atom. The molecule has 0 radical (unpaired) electrons. The van der Waals surface area contributed by atoms with Crippen LogP contribution in [-0.4, -0.2) is 29.9 Å². The standard InChI is InChI=1S/C20H29ClN2O/c1-15(22)16-7-6-12-23(14-16)19(24)20(10-3-2-4-11-20)17-8-5-9-18(21)13-17/h5,8-9,13,15-16H,2-4,6-7,10-12,14,22H2,1H3. The van der Waals surface area contributed by atoms with Gasteiger partial charge in [0.2, 0.25) is 5.91 Å². The third-order valence-corrected chi connectivity index (χ3v) is 6.22. The molecule has 1 heterocycles. The molecule has 1 aromatic rings. The van der Waals surface area contributed by atoms with Crippen molar-refractivity contribution in [2.75, 3.05) is 13.1 Å². The van der Waals surface area contributed by atoms with Crippen LogP contribution in [0.2, 0.25) is 5.02 Å². The zero-order chi connectivity index (χ0) is 17.2. The molecule has 2 fully saturated rings. The molecule has 3 nitrogen and oxygen atoms in total. The molecular weight excluding hydrogens is 320 g/mol. The predicted octanol–water partition coefficient (Wildman–Crippen LogP) is 4.13. The number of rotatable bonds is 3. The maximum atomic E-state index is 13.6. The lowest BCUT2D eigenvalue weighted by atomic mass is 9.68. The van der Waals surface area contributed by atoms with Gasteiger partial charge in [-0.25, -0.2) is 0 Å². The number of hydrogen-bond acceptors (Lipinski definition) is 2. The van der Waals surface area contributed by atoms with Gasteiger partial charge in [-0.3, -0.25) is 4.79 Å². The molecule has 3 rings (SSSR count). The molecule has 1 aliphatic heterocycles. The van der Waals surface area contributed by atoms with E-state index in [0.717, 1.165) is 62.2 Å². The number of benzene rings is 1. The Labute approximate surface area is 150 Å². The van der Waals surface area contributed by atoms with Gasteiger partial charge in [-0.1, -0.05) is 43.0 Å². The summed E-state index contributed by atoms with van der Waals surface area (Å²) in [6.45, 7) is 3.73. The molecule has 1 amide bonds. The summed E-state index contributed by atoms with van der Waals surface area (Å²) in [5, 5.41) is 0.720. The van der Waals surface area contributed by atoms with Crippen molar-refractivity contribution in [2.45, 2.75) is 63.3 Å². The van der Waals surface area contributed by atoms with E-state index >= 15 is 0 Å². The van der Waals surface area contributed by atoms with Crippen LogP contribution in [0.15, 0.2) is 24.3 Å². The molecule has 0 spiro atoms. The molecule has 0 aromatic heterocycles. The summed E-state index contributed by atoms with van der Waals surface area (Å²) < 4.78 is 0. The fraction of sp³-hybridized carbons (Fsp3) is 0.650. The van der Waals surface area contributed by atoms with E-state index in [1.54, 1.807) is 0 Å². The minimum atomic E-state index is -0.386. The highest BCUT2D eigenvalue weighted by atomic mass is 35.5. The van der Waals surface area contributed by atoms with E-state index in [1.165, 1.54) is 6.42 Å². The largest absolute Gasteiger partial charge is 0.342 e. The van der Waals surface area contributed by atoms with Crippen molar-refractivity contribution < 1.29 is 4.79 Å². The number of carbonyl (C=O) groups is 1. The van der Waals surface area contributed by atoms with Crippen molar-refractivity contribution in [3.05, 3.63) is 34.9 Å². The van der Waals surface area contributed by atoms with Gasteiger partial charge in [-0.05, 0) is 56.2 Å². The number of nitrogens with two attached hydrogens (primary N) is 1. The van der Waals surface area contributed by atoms with Crippen LogP contribution in [0.4, 0.5) is 0 Å². The van der Waals surface area contributed by atoms with Crippen molar-refractivity contribution in [1.82, 2.24) is 4.90 Å².